The summed E-state index contributed by atoms with van der Waals surface area (Å²) in [5.74, 6) is 0.967. The second-order valence-electron chi connectivity index (χ2n) is 6.46. The molecule has 4 nitrogen and oxygen atoms in total. The molecule has 0 saturated carbocycles. The molecule has 0 bridgehead atoms. The fraction of sp³-hybridized carbons (Fsp3) is 0.333. The van der Waals surface area contributed by atoms with Gasteiger partial charge in [0.25, 0.3) is 0 Å². The summed E-state index contributed by atoms with van der Waals surface area (Å²) in [5.41, 5.74) is -0.636. The highest BCUT2D eigenvalue weighted by Gasteiger charge is 2.43. The number of rotatable bonds is 6. The zero-order valence-corrected chi connectivity index (χ0v) is 14.8. The van der Waals surface area contributed by atoms with Crippen LogP contribution in [0.25, 0.3) is 0 Å². The van der Waals surface area contributed by atoms with Gasteiger partial charge in [-0.1, -0.05) is 61.8 Å². The fourth-order valence-corrected chi connectivity index (χ4v) is 3.70. The highest BCUT2D eigenvalue weighted by Crippen LogP contribution is 2.58. The Morgan fingerprint density at radius 3 is 1.83 bits per heavy atom. The van der Waals surface area contributed by atoms with Gasteiger partial charge in [-0.05, 0) is 36.6 Å². The van der Waals surface area contributed by atoms with Crippen LogP contribution in [-0.4, -0.2) is 5.66 Å². The molecule has 2 rings (SSSR count). The molecule has 5 heteroatoms. The van der Waals surface area contributed by atoms with Crippen LogP contribution in [0.15, 0.2) is 60.7 Å². The molecule has 2 unspecified atom stereocenters. The summed E-state index contributed by atoms with van der Waals surface area (Å²) in [4.78, 5) is 5.27. The number of hydrogen-bond donors (Lipinski definition) is 0. The van der Waals surface area contributed by atoms with Crippen molar-refractivity contribution in [2.75, 3.05) is 0 Å². The molecule has 0 aromatic heterocycles. The molecule has 2 aromatic carbocycles. The third-order valence-corrected chi connectivity index (χ3v) is 6.16. The van der Waals surface area contributed by atoms with Gasteiger partial charge >= 0.3 is 7.60 Å². The second-order valence-corrected chi connectivity index (χ2v) is 8.64. The molecule has 0 heterocycles. The monoisotopic (exact) mass is 334 g/mol. The Balaban J connectivity index is 2.22. The molecule has 2 aromatic rings. The Morgan fingerprint density at radius 2 is 1.35 bits per heavy atom. The van der Waals surface area contributed by atoms with Gasteiger partial charge in [-0.25, -0.2) is 4.57 Å². The Kier molecular flexibility index (Phi) is 5.51. The smallest absolute Gasteiger partial charge is 0.419 e. The van der Waals surface area contributed by atoms with E-state index in [1.54, 1.807) is 24.3 Å². The highest BCUT2D eigenvalue weighted by atomic mass is 31.2. The molecule has 2 atom stereocenters. The molecular formula is C18H23O4P. The van der Waals surface area contributed by atoms with Crippen LogP contribution in [0.3, 0.4) is 0 Å². The molecule has 0 amide bonds. The van der Waals surface area contributed by atoms with E-state index in [-0.39, 0.29) is 11.1 Å². The van der Waals surface area contributed by atoms with Crippen molar-refractivity contribution >= 4 is 7.60 Å². The van der Waals surface area contributed by atoms with Gasteiger partial charge in [0.2, 0.25) is 0 Å². The topological polar surface area (TPSA) is 44.8 Å². The number of benzene rings is 2. The van der Waals surface area contributed by atoms with E-state index in [4.69, 9.17) is 14.1 Å². The van der Waals surface area contributed by atoms with E-state index in [1.165, 1.54) is 0 Å². The third-order valence-electron chi connectivity index (χ3n) is 3.68. The lowest BCUT2D eigenvalue weighted by Crippen LogP contribution is -2.27. The molecular weight excluding hydrogens is 311 g/mol. The lowest BCUT2D eigenvalue weighted by Gasteiger charge is -2.32. The van der Waals surface area contributed by atoms with E-state index in [1.807, 2.05) is 64.1 Å². The van der Waals surface area contributed by atoms with Gasteiger partial charge in [0.15, 0.2) is 5.75 Å². The van der Waals surface area contributed by atoms with Gasteiger partial charge in [-0.3, -0.25) is 0 Å². The molecule has 0 saturated heterocycles. The highest BCUT2D eigenvalue weighted by molar-refractivity contribution is 7.55. The van der Waals surface area contributed by atoms with Crippen molar-refractivity contribution in [2.45, 2.75) is 33.4 Å². The first-order valence-corrected chi connectivity index (χ1v) is 9.18. The quantitative estimate of drug-likeness (QED) is 0.386. The predicted octanol–water partition coefficient (Wildman–Crippen LogP) is 5.70. The standard InChI is InChI=1S/C18H23O4P/c1-15(18(2,3)4)23(19,21-17-13-9-6-10-14-17)22-20-16-11-7-5-8-12-16/h5-15H,1-4H3. The van der Waals surface area contributed by atoms with Crippen molar-refractivity contribution in [2.24, 2.45) is 5.41 Å². The van der Waals surface area contributed by atoms with E-state index in [0.29, 0.717) is 11.5 Å². The molecule has 0 radical (unpaired) electrons. The third kappa shape index (κ3) is 4.85. The predicted molar refractivity (Wildman–Crippen MR) is 91.7 cm³/mol. The number of para-hydroxylation sites is 2. The maximum atomic E-state index is 13.3. The molecule has 0 aliphatic rings. The largest absolute Gasteiger partial charge is 0.422 e. The molecule has 0 N–H and O–H groups in total. The minimum Gasteiger partial charge on any atom is -0.422 e. The lowest BCUT2D eigenvalue weighted by molar-refractivity contribution is -0.110. The molecule has 0 aliphatic heterocycles. The zero-order chi connectivity index (χ0) is 16.9. The summed E-state index contributed by atoms with van der Waals surface area (Å²) in [6.45, 7) is 7.82. The Hall–Kier alpha value is -1.77. The first kappa shape index (κ1) is 17.6. The van der Waals surface area contributed by atoms with Gasteiger partial charge in [0, 0.05) is 0 Å². The Bertz CT molecular complexity index is 650. The van der Waals surface area contributed by atoms with Crippen molar-refractivity contribution < 1.29 is 18.7 Å². The van der Waals surface area contributed by atoms with Gasteiger partial charge in [0.1, 0.15) is 5.75 Å². The fourth-order valence-electron chi connectivity index (χ4n) is 1.83. The minimum absolute atomic E-state index is 0.273. The van der Waals surface area contributed by atoms with Crippen LogP contribution >= 0.6 is 7.60 Å². The average molecular weight is 334 g/mol. The van der Waals surface area contributed by atoms with Crippen LogP contribution in [0, 0.1) is 5.41 Å². The summed E-state index contributed by atoms with van der Waals surface area (Å²) in [6, 6.07) is 17.9. The van der Waals surface area contributed by atoms with Crippen molar-refractivity contribution in [3.05, 3.63) is 60.7 Å². The first-order chi connectivity index (χ1) is 10.8. The summed E-state index contributed by atoms with van der Waals surface area (Å²) >= 11 is 0. The summed E-state index contributed by atoms with van der Waals surface area (Å²) in [5, 5.41) is 0. The first-order valence-electron chi connectivity index (χ1n) is 7.57. The van der Waals surface area contributed by atoms with E-state index < -0.39 is 7.60 Å². The minimum atomic E-state index is -3.54. The second kappa shape index (κ2) is 7.20. The van der Waals surface area contributed by atoms with Crippen LogP contribution in [0.2, 0.25) is 0 Å². The van der Waals surface area contributed by atoms with Gasteiger partial charge in [0.05, 0.1) is 5.66 Å². The molecule has 0 spiro atoms. The van der Waals surface area contributed by atoms with Crippen molar-refractivity contribution in [1.29, 1.82) is 0 Å². The Morgan fingerprint density at radius 1 is 0.870 bits per heavy atom. The van der Waals surface area contributed by atoms with Crippen molar-refractivity contribution in [1.82, 2.24) is 0 Å². The van der Waals surface area contributed by atoms with Crippen molar-refractivity contribution in [3.63, 3.8) is 0 Å². The Labute approximate surface area is 137 Å². The molecule has 23 heavy (non-hydrogen) atoms. The lowest BCUT2D eigenvalue weighted by atomic mass is 9.93. The van der Waals surface area contributed by atoms with E-state index in [9.17, 15) is 4.57 Å². The van der Waals surface area contributed by atoms with Crippen LogP contribution in [0.1, 0.15) is 27.7 Å². The molecule has 0 aliphatic carbocycles. The van der Waals surface area contributed by atoms with Gasteiger partial charge in [-0.15, -0.1) is 0 Å². The summed E-state index contributed by atoms with van der Waals surface area (Å²) < 4.78 is 24.4. The molecule has 0 fully saturated rings. The van der Waals surface area contributed by atoms with Crippen LogP contribution in [0.5, 0.6) is 11.5 Å². The van der Waals surface area contributed by atoms with Gasteiger partial charge in [-0.2, -0.15) is 0 Å². The van der Waals surface area contributed by atoms with Crippen LogP contribution in [-0.2, 0) is 9.24 Å². The van der Waals surface area contributed by atoms with E-state index in [2.05, 4.69) is 0 Å². The number of hydrogen-bond acceptors (Lipinski definition) is 4. The normalized spacial score (nSPS) is 15.5. The maximum absolute atomic E-state index is 13.3. The average Bonchev–Trinajstić information content (AvgIpc) is 2.53. The van der Waals surface area contributed by atoms with Crippen LogP contribution in [0.4, 0.5) is 0 Å². The SMILES string of the molecule is CC(C(C)(C)C)P(=O)(OOc1ccccc1)Oc1ccccc1. The van der Waals surface area contributed by atoms with Crippen molar-refractivity contribution in [3.8, 4) is 11.5 Å². The molecule has 124 valence electrons. The van der Waals surface area contributed by atoms with E-state index >= 15 is 0 Å². The summed E-state index contributed by atoms with van der Waals surface area (Å²) in [7, 11) is -3.54. The zero-order valence-electron chi connectivity index (χ0n) is 13.9. The van der Waals surface area contributed by atoms with Crippen LogP contribution < -0.4 is 9.41 Å². The van der Waals surface area contributed by atoms with E-state index in [0.717, 1.165) is 0 Å². The summed E-state index contributed by atoms with van der Waals surface area (Å²) in [6.07, 6.45) is 0. The van der Waals surface area contributed by atoms with Gasteiger partial charge < -0.3 is 9.41 Å². The maximum Gasteiger partial charge on any atom is 0.419 e.